The topological polar surface area (TPSA) is 73.7 Å². The molecule has 0 aliphatic carbocycles. The van der Waals surface area contributed by atoms with Crippen LogP contribution in [0.5, 0.6) is 0 Å². The molecule has 0 bridgehead atoms. The van der Waals surface area contributed by atoms with Crippen LogP contribution in [0, 0.1) is 0 Å². The van der Waals surface area contributed by atoms with E-state index >= 15 is 0 Å². The highest BCUT2D eigenvalue weighted by molar-refractivity contribution is 6.36. The van der Waals surface area contributed by atoms with Crippen LogP contribution >= 0.6 is 23.2 Å². The molecule has 8 heteroatoms. The minimum atomic E-state index is -1.56. The Morgan fingerprint density at radius 2 is 2.14 bits per heavy atom. The van der Waals surface area contributed by atoms with Crippen molar-refractivity contribution in [1.82, 2.24) is 9.88 Å². The lowest BCUT2D eigenvalue weighted by Crippen LogP contribution is -2.41. The van der Waals surface area contributed by atoms with E-state index in [1.54, 1.807) is 17.0 Å². The fourth-order valence-electron chi connectivity index (χ4n) is 3.86. The Bertz CT molecular complexity index is 936. The number of fused-ring (bicyclic) bond motifs is 1. The van der Waals surface area contributed by atoms with Crippen molar-refractivity contribution in [2.45, 2.75) is 44.9 Å². The van der Waals surface area contributed by atoms with Crippen molar-refractivity contribution < 1.29 is 19.4 Å². The standard InChI is InChI=1S/C21H23Cl2FN2O3/c1-12-13-4-3-5-16(21(2,29)11-24)14(13)6-7-26(12)19(28)8-15-17(22)9-25-18(10-27)20(15)23/h3-5,9,12,27,29H,6-8,10-11H2,1-2H3. The van der Waals surface area contributed by atoms with E-state index in [-0.39, 0.29) is 40.7 Å². The van der Waals surface area contributed by atoms with Gasteiger partial charge in [-0.1, -0.05) is 41.4 Å². The molecule has 1 aromatic heterocycles. The summed E-state index contributed by atoms with van der Waals surface area (Å²) in [5, 5.41) is 20.2. The first kappa shape index (κ1) is 22.0. The Labute approximate surface area is 179 Å². The zero-order chi connectivity index (χ0) is 21.3. The molecule has 1 amide bonds. The van der Waals surface area contributed by atoms with Gasteiger partial charge in [-0.05, 0) is 37.0 Å². The summed E-state index contributed by atoms with van der Waals surface area (Å²) in [6, 6.07) is 5.15. The van der Waals surface area contributed by atoms with E-state index in [1.807, 2.05) is 13.0 Å². The van der Waals surface area contributed by atoms with E-state index in [2.05, 4.69) is 4.98 Å². The molecule has 0 spiro atoms. The molecule has 1 aliphatic heterocycles. The van der Waals surface area contributed by atoms with E-state index in [0.29, 0.717) is 24.1 Å². The minimum absolute atomic E-state index is 0.0191. The number of benzene rings is 1. The molecule has 0 fully saturated rings. The predicted molar refractivity (Wildman–Crippen MR) is 110 cm³/mol. The molecule has 3 rings (SSSR count). The van der Waals surface area contributed by atoms with E-state index in [0.717, 1.165) is 11.1 Å². The first-order valence-corrected chi connectivity index (χ1v) is 10.1. The van der Waals surface area contributed by atoms with E-state index in [4.69, 9.17) is 23.2 Å². The summed E-state index contributed by atoms with van der Waals surface area (Å²) in [4.78, 5) is 18.7. The Hall–Kier alpha value is -1.73. The lowest BCUT2D eigenvalue weighted by molar-refractivity contribution is -0.133. The van der Waals surface area contributed by atoms with Crippen LogP contribution in [0.2, 0.25) is 10.0 Å². The maximum absolute atomic E-state index is 13.3. The lowest BCUT2D eigenvalue weighted by atomic mass is 9.83. The summed E-state index contributed by atoms with van der Waals surface area (Å²) in [6.45, 7) is 2.56. The van der Waals surface area contributed by atoms with Crippen LogP contribution in [-0.2, 0) is 29.8 Å². The van der Waals surface area contributed by atoms with Gasteiger partial charge < -0.3 is 15.1 Å². The van der Waals surface area contributed by atoms with Crippen LogP contribution in [0.3, 0.4) is 0 Å². The second kappa shape index (κ2) is 8.56. The largest absolute Gasteiger partial charge is 0.390 e. The number of hydrogen-bond donors (Lipinski definition) is 2. The van der Waals surface area contributed by atoms with Crippen molar-refractivity contribution in [1.29, 1.82) is 0 Å². The zero-order valence-corrected chi connectivity index (χ0v) is 17.8. The molecule has 29 heavy (non-hydrogen) atoms. The number of hydrogen-bond acceptors (Lipinski definition) is 4. The van der Waals surface area contributed by atoms with Gasteiger partial charge in [0.15, 0.2) is 0 Å². The smallest absolute Gasteiger partial charge is 0.227 e. The van der Waals surface area contributed by atoms with Gasteiger partial charge in [-0.3, -0.25) is 9.78 Å². The van der Waals surface area contributed by atoms with Crippen molar-refractivity contribution >= 4 is 29.1 Å². The van der Waals surface area contributed by atoms with E-state index in [9.17, 15) is 19.4 Å². The predicted octanol–water partition coefficient (Wildman–Crippen LogP) is 3.75. The summed E-state index contributed by atoms with van der Waals surface area (Å²) in [7, 11) is 0. The molecular weight excluding hydrogens is 418 g/mol. The Morgan fingerprint density at radius 1 is 1.41 bits per heavy atom. The maximum Gasteiger partial charge on any atom is 0.227 e. The lowest BCUT2D eigenvalue weighted by Gasteiger charge is -2.38. The summed E-state index contributed by atoms with van der Waals surface area (Å²) in [6.07, 6.45) is 1.87. The molecule has 5 nitrogen and oxygen atoms in total. The third-order valence-corrected chi connectivity index (χ3v) is 6.28. The van der Waals surface area contributed by atoms with Gasteiger partial charge in [-0.25, -0.2) is 4.39 Å². The summed E-state index contributed by atoms with van der Waals surface area (Å²) < 4.78 is 13.3. The van der Waals surface area contributed by atoms with Crippen LogP contribution in [-0.4, -0.2) is 39.2 Å². The van der Waals surface area contributed by atoms with Gasteiger partial charge in [0.2, 0.25) is 5.91 Å². The molecule has 2 unspecified atom stereocenters. The zero-order valence-electron chi connectivity index (χ0n) is 16.3. The van der Waals surface area contributed by atoms with Crippen molar-refractivity contribution in [2.24, 2.45) is 0 Å². The summed E-state index contributed by atoms with van der Waals surface area (Å²) >= 11 is 12.4. The van der Waals surface area contributed by atoms with Crippen LogP contribution in [0.15, 0.2) is 24.4 Å². The molecule has 0 radical (unpaired) electrons. The highest BCUT2D eigenvalue weighted by Gasteiger charge is 2.34. The third-order valence-electron chi connectivity index (χ3n) is 5.51. The van der Waals surface area contributed by atoms with Crippen molar-refractivity contribution in [2.75, 3.05) is 13.2 Å². The minimum Gasteiger partial charge on any atom is -0.390 e. The Morgan fingerprint density at radius 3 is 2.79 bits per heavy atom. The second-order valence-electron chi connectivity index (χ2n) is 7.47. The Kier molecular flexibility index (Phi) is 6.48. The first-order chi connectivity index (χ1) is 13.7. The van der Waals surface area contributed by atoms with Crippen LogP contribution in [0.25, 0.3) is 0 Å². The monoisotopic (exact) mass is 440 g/mol. The van der Waals surface area contributed by atoms with Crippen molar-refractivity contribution in [3.63, 3.8) is 0 Å². The molecule has 1 aromatic carbocycles. The number of alkyl halides is 1. The Balaban J connectivity index is 1.89. The molecule has 0 saturated carbocycles. The van der Waals surface area contributed by atoms with Crippen molar-refractivity contribution in [3.8, 4) is 0 Å². The average molecular weight is 441 g/mol. The number of aliphatic hydroxyl groups excluding tert-OH is 1. The quantitative estimate of drug-likeness (QED) is 0.742. The SMILES string of the molecule is CC1c2cccc(C(C)(O)CF)c2CCN1C(=O)Cc1c(Cl)cnc(CO)c1Cl. The molecule has 156 valence electrons. The number of pyridine rings is 1. The van der Waals surface area contributed by atoms with Gasteiger partial charge in [0.25, 0.3) is 0 Å². The molecule has 2 N–H and O–H groups in total. The first-order valence-electron chi connectivity index (χ1n) is 9.34. The number of carbonyl (C=O) groups is 1. The number of carbonyl (C=O) groups excluding carboxylic acids is 1. The number of aliphatic hydroxyl groups is 2. The van der Waals surface area contributed by atoms with Gasteiger partial charge in [-0.15, -0.1) is 0 Å². The number of halogens is 3. The molecule has 2 heterocycles. The fraction of sp³-hybridized carbons (Fsp3) is 0.429. The normalized spacial score (nSPS) is 18.3. The fourth-order valence-corrected chi connectivity index (χ4v) is 4.40. The van der Waals surface area contributed by atoms with Gasteiger partial charge in [0.05, 0.1) is 34.8 Å². The van der Waals surface area contributed by atoms with Gasteiger partial charge in [0.1, 0.15) is 12.3 Å². The summed E-state index contributed by atoms with van der Waals surface area (Å²) in [5.74, 6) is -0.162. The highest BCUT2D eigenvalue weighted by Crippen LogP contribution is 2.36. The van der Waals surface area contributed by atoms with Crippen molar-refractivity contribution in [3.05, 3.63) is 62.4 Å². The van der Waals surface area contributed by atoms with E-state index < -0.39 is 12.3 Å². The number of amides is 1. The van der Waals surface area contributed by atoms with Gasteiger partial charge in [0, 0.05) is 18.3 Å². The number of rotatable bonds is 5. The average Bonchev–Trinajstić information content (AvgIpc) is 2.71. The van der Waals surface area contributed by atoms with Crippen LogP contribution < -0.4 is 0 Å². The molecular formula is C21H23Cl2FN2O3. The second-order valence-corrected chi connectivity index (χ2v) is 8.26. The number of aromatic nitrogens is 1. The molecule has 2 aromatic rings. The van der Waals surface area contributed by atoms with Gasteiger partial charge >= 0.3 is 0 Å². The van der Waals surface area contributed by atoms with Crippen LogP contribution in [0.4, 0.5) is 4.39 Å². The molecule has 2 atom stereocenters. The molecule has 0 saturated heterocycles. The maximum atomic E-state index is 13.3. The summed E-state index contributed by atoms with van der Waals surface area (Å²) in [5.41, 5.74) is 1.48. The number of nitrogens with zero attached hydrogens (tertiary/aromatic N) is 2. The van der Waals surface area contributed by atoms with E-state index in [1.165, 1.54) is 13.1 Å². The van der Waals surface area contributed by atoms with Gasteiger partial charge in [-0.2, -0.15) is 0 Å². The third kappa shape index (κ3) is 4.12. The highest BCUT2D eigenvalue weighted by atomic mass is 35.5. The molecule has 1 aliphatic rings. The van der Waals surface area contributed by atoms with Crippen LogP contribution in [0.1, 0.15) is 47.8 Å².